The number of nitrogens with zero attached hydrogens (tertiary/aromatic N) is 1. The van der Waals surface area contributed by atoms with E-state index in [9.17, 15) is 9.18 Å². The van der Waals surface area contributed by atoms with Gasteiger partial charge in [-0.15, -0.1) is 0 Å². The van der Waals surface area contributed by atoms with Crippen molar-refractivity contribution in [3.63, 3.8) is 0 Å². The van der Waals surface area contributed by atoms with Crippen molar-refractivity contribution in [1.82, 2.24) is 0 Å². The molecule has 2 aliphatic rings. The van der Waals surface area contributed by atoms with E-state index >= 15 is 0 Å². The smallest absolute Gasteiger partial charge is 0.303 e. The van der Waals surface area contributed by atoms with Crippen molar-refractivity contribution >= 4 is 11.7 Å². The van der Waals surface area contributed by atoms with Gasteiger partial charge in [-0.25, -0.2) is 4.39 Å². The molecule has 0 radical (unpaired) electrons. The van der Waals surface area contributed by atoms with Gasteiger partial charge < -0.3 is 19.5 Å². The molecule has 1 atom stereocenters. The van der Waals surface area contributed by atoms with Crippen LogP contribution < -0.4 is 9.64 Å². The molecule has 1 aromatic carbocycles. The van der Waals surface area contributed by atoms with Crippen LogP contribution in [0.25, 0.3) is 0 Å². The van der Waals surface area contributed by atoms with Gasteiger partial charge >= 0.3 is 5.97 Å². The third-order valence-electron chi connectivity index (χ3n) is 5.27. The molecule has 1 aromatic rings. The van der Waals surface area contributed by atoms with Crippen LogP contribution in [-0.2, 0) is 9.53 Å². The molecule has 132 valence electrons. The van der Waals surface area contributed by atoms with Crippen molar-refractivity contribution in [3.05, 3.63) is 24.0 Å². The standard InChI is InChI=1S/C18H24FNO4/c1-23-14-2-3-15(19)16(11-14)20-8-6-18(7-9-20)5-4-13(12-24-18)10-17(21)22/h2-3,11,13H,4-10,12H2,1H3,(H,21,22). The van der Waals surface area contributed by atoms with Gasteiger partial charge in [-0.05, 0) is 43.7 Å². The molecule has 0 amide bonds. The Morgan fingerprint density at radius 1 is 1.42 bits per heavy atom. The molecule has 5 nitrogen and oxygen atoms in total. The summed E-state index contributed by atoms with van der Waals surface area (Å²) < 4.78 is 25.4. The highest BCUT2D eigenvalue weighted by molar-refractivity contribution is 5.67. The molecule has 3 rings (SSSR count). The van der Waals surface area contributed by atoms with Gasteiger partial charge in [-0.2, -0.15) is 0 Å². The number of hydrogen-bond donors (Lipinski definition) is 1. The molecule has 1 spiro atoms. The van der Waals surface area contributed by atoms with E-state index < -0.39 is 5.97 Å². The Labute approximate surface area is 141 Å². The van der Waals surface area contributed by atoms with Crippen LogP contribution >= 0.6 is 0 Å². The average Bonchev–Trinajstić information content (AvgIpc) is 2.58. The fourth-order valence-corrected chi connectivity index (χ4v) is 3.74. The summed E-state index contributed by atoms with van der Waals surface area (Å²) in [4.78, 5) is 12.8. The summed E-state index contributed by atoms with van der Waals surface area (Å²) in [7, 11) is 1.58. The van der Waals surface area contributed by atoms with E-state index in [0.717, 1.165) is 38.8 Å². The molecule has 2 fully saturated rings. The molecule has 2 saturated heterocycles. The summed E-state index contributed by atoms with van der Waals surface area (Å²) in [5, 5.41) is 8.89. The summed E-state index contributed by atoms with van der Waals surface area (Å²) in [6, 6.07) is 4.79. The molecule has 0 aliphatic carbocycles. The maximum Gasteiger partial charge on any atom is 0.303 e. The van der Waals surface area contributed by atoms with E-state index in [-0.39, 0.29) is 23.8 Å². The SMILES string of the molecule is COc1ccc(F)c(N2CCC3(CCC(CC(=O)O)CO3)CC2)c1. The molecule has 2 heterocycles. The van der Waals surface area contributed by atoms with Gasteiger partial charge in [0.15, 0.2) is 0 Å². The van der Waals surface area contributed by atoms with E-state index in [4.69, 9.17) is 14.6 Å². The third-order valence-corrected chi connectivity index (χ3v) is 5.27. The molecular formula is C18H24FNO4. The molecule has 0 aromatic heterocycles. The second kappa shape index (κ2) is 6.97. The summed E-state index contributed by atoms with van der Waals surface area (Å²) in [5.74, 6) is -0.236. The number of halogens is 1. The zero-order valence-electron chi connectivity index (χ0n) is 14.0. The summed E-state index contributed by atoms with van der Waals surface area (Å²) >= 11 is 0. The van der Waals surface area contributed by atoms with E-state index in [1.54, 1.807) is 19.2 Å². The highest BCUT2D eigenvalue weighted by Crippen LogP contribution is 2.39. The first-order chi connectivity index (χ1) is 11.5. The van der Waals surface area contributed by atoms with Gasteiger partial charge in [0.25, 0.3) is 0 Å². The Hall–Kier alpha value is -1.82. The first kappa shape index (κ1) is 17.0. The van der Waals surface area contributed by atoms with Crippen molar-refractivity contribution in [1.29, 1.82) is 0 Å². The van der Waals surface area contributed by atoms with Crippen LogP contribution in [0.3, 0.4) is 0 Å². The van der Waals surface area contributed by atoms with E-state index in [1.807, 2.05) is 4.90 Å². The fourth-order valence-electron chi connectivity index (χ4n) is 3.74. The van der Waals surface area contributed by atoms with E-state index in [0.29, 0.717) is 18.0 Å². The maximum absolute atomic E-state index is 14.1. The lowest BCUT2D eigenvalue weighted by molar-refractivity contribution is -0.145. The van der Waals surface area contributed by atoms with E-state index in [1.165, 1.54) is 6.07 Å². The van der Waals surface area contributed by atoms with Gasteiger partial charge in [0.2, 0.25) is 0 Å². The highest BCUT2D eigenvalue weighted by atomic mass is 19.1. The first-order valence-corrected chi connectivity index (χ1v) is 8.45. The fraction of sp³-hybridized carbons (Fsp3) is 0.611. The van der Waals surface area contributed by atoms with Gasteiger partial charge in [0.05, 0.1) is 31.4 Å². The van der Waals surface area contributed by atoms with Crippen molar-refractivity contribution in [2.45, 2.75) is 37.7 Å². The Morgan fingerprint density at radius 2 is 2.17 bits per heavy atom. The van der Waals surface area contributed by atoms with Crippen LogP contribution in [0.5, 0.6) is 5.75 Å². The van der Waals surface area contributed by atoms with Gasteiger partial charge in [0.1, 0.15) is 11.6 Å². The van der Waals surface area contributed by atoms with Crippen molar-refractivity contribution in [2.75, 3.05) is 31.7 Å². The normalized spacial score (nSPS) is 23.2. The zero-order valence-corrected chi connectivity index (χ0v) is 14.0. The molecule has 1 N–H and O–H groups in total. The molecule has 2 aliphatic heterocycles. The summed E-state index contributed by atoms with van der Waals surface area (Å²) in [6.07, 6.45) is 3.63. The molecule has 24 heavy (non-hydrogen) atoms. The molecular weight excluding hydrogens is 313 g/mol. The Bertz CT molecular complexity index is 589. The number of methoxy groups -OCH3 is 1. The Kier molecular flexibility index (Phi) is 4.94. The lowest BCUT2D eigenvalue weighted by Gasteiger charge is -2.46. The minimum Gasteiger partial charge on any atom is -0.497 e. The zero-order chi connectivity index (χ0) is 17.2. The molecule has 1 unspecified atom stereocenters. The number of carboxylic acid groups (broad SMARTS) is 1. The Morgan fingerprint density at radius 3 is 2.75 bits per heavy atom. The first-order valence-electron chi connectivity index (χ1n) is 8.45. The number of carbonyl (C=O) groups is 1. The van der Waals surface area contributed by atoms with Crippen LogP contribution in [0.1, 0.15) is 32.1 Å². The third kappa shape index (κ3) is 3.64. The van der Waals surface area contributed by atoms with Crippen LogP contribution in [0, 0.1) is 11.7 Å². The Balaban J connectivity index is 1.59. The number of ether oxygens (including phenoxy) is 2. The van der Waals surface area contributed by atoms with E-state index in [2.05, 4.69) is 0 Å². The summed E-state index contributed by atoms with van der Waals surface area (Å²) in [5.41, 5.74) is 0.407. The number of aliphatic carboxylic acids is 1. The van der Waals surface area contributed by atoms with Crippen LogP contribution in [0.4, 0.5) is 10.1 Å². The predicted molar refractivity (Wildman–Crippen MR) is 88.1 cm³/mol. The van der Waals surface area contributed by atoms with Gasteiger partial charge in [0, 0.05) is 19.2 Å². The second-order valence-electron chi connectivity index (χ2n) is 6.80. The average molecular weight is 337 g/mol. The van der Waals surface area contributed by atoms with Gasteiger partial charge in [-0.1, -0.05) is 0 Å². The monoisotopic (exact) mass is 337 g/mol. The van der Waals surface area contributed by atoms with Crippen molar-refractivity contribution < 1.29 is 23.8 Å². The second-order valence-corrected chi connectivity index (χ2v) is 6.80. The molecule has 0 bridgehead atoms. The quantitative estimate of drug-likeness (QED) is 0.915. The lowest BCUT2D eigenvalue weighted by Crippen LogP contribution is -2.49. The topological polar surface area (TPSA) is 59.0 Å². The lowest BCUT2D eigenvalue weighted by atomic mass is 9.81. The minimum absolute atomic E-state index is 0.113. The summed E-state index contributed by atoms with van der Waals surface area (Å²) in [6.45, 7) is 1.97. The number of benzene rings is 1. The maximum atomic E-state index is 14.1. The van der Waals surface area contributed by atoms with Gasteiger partial charge in [-0.3, -0.25) is 4.79 Å². The predicted octanol–water partition coefficient (Wildman–Crippen LogP) is 3.07. The highest BCUT2D eigenvalue weighted by Gasteiger charge is 2.40. The van der Waals surface area contributed by atoms with Crippen LogP contribution in [-0.4, -0.2) is 43.5 Å². The van der Waals surface area contributed by atoms with Crippen LogP contribution in [0.2, 0.25) is 0 Å². The molecule has 6 heteroatoms. The molecule has 0 saturated carbocycles. The number of anilines is 1. The largest absolute Gasteiger partial charge is 0.497 e. The van der Waals surface area contributed by atoms with Crippen molar-refractivity contribution in [3.8, 4) is 5.75 Å². The number of hydrogen-bond acceptors (Lipinski definition) is 4. The van der Waals surface area contributed by atoms with Crippen LogP contribution in [0.15, 0.2) is 18.2 Å². The number of carboxylic acids is 1. The number of rotatable bonds is 4. The van der Waals surface area contributed by atoms with Crippen molar-refractivity contribution in [2.24, 2.45) is 5.92 Å². The number of piperidine rings is 1. The minimum atomic E-state index is -0.761.